The highest BCUT2D eigenvalue weighted by molar-refractivity contribution is 7.87. The molecule has 0 aliphatic rings. The molecule has 0 unspecified atom stereocenters. The van der Waals surface area contributed by atoms with Crippen molar-refractivity contribution in [1.82, 2.24) is 0 Å². The second-order valence-corrected chi connectivity index (χ2v) is 18.9. The first kappa shape index (κ1) is 37.9. The Morgan fingerprint density at radius 2 is 1.09 bits per heavy atom. The zero-order valence-corrected chi connectivity index (χ0v) is 28.9. The Morgan fingerprint density at radius 1 is 0.674 bits per heavy atom. The third-order valence-electron chi connectivity index (χ3n) is 7.97. The molecule has 7 nitrogen and oxygen atoms in total. The number of benzene rings is 3. The van der Waals surface area contributed by atoms with Crippen LogP contribution < -0.4 is 0 Å². The SMILES string of the molecule is CC(C)(C)[Si](C)(C)OC[C@@H](OCc1ccccc1)[C@@H](OCc1ccccc1)[C@@H](CCOS(=O)(=O)C(F)(F)F)OCc1ccccc1. The maximum Gasteiger partial charge on any atom is 0.523 e. The molecule has 0 aromatic heterocycles. The maximum absolute atomic E-state index is 13.1. The van der Waals surface area contributed by atoms with Gasteiger partial charge in [0.15, 0.2) is 8.32 Å². The highest BCUT2D eigenvalue weighted by atomic mass is 32.2. The summed E-state index contributed by atoms with van der Waals surface area (Å²) in [4.78, 5) is 0. The van der Waals surface area contributed by atoms with E-state index in [1.807, 2.05) is 91.0 Å². The van der Waals surface area contributed by atoms with Gasteiger partial charge in [0.1, 0.15) is 12.2 Å². The van der Waals surface area contributed by atoms with Crippen LogP contribution in [-0.2, 0) is 52.8 Å². The van der Waals surface area contributed by atoms with Crippen molar-refractivity contribution in [3.63, 3.8) is 0 Å². The van der Waals surface area contributed by atoms with Crippen LogP contribution in [0.4, 0.5) is 13.2 Å². The van der Waals surface area contributed by atoms with E-state index in [0.717, 1.165) is 16.7 Å². The Bertz CT molecular complexity index is 1400. The van der Waals surface area contributed by atoms with Crippen LogP contribution in [0.25, 0.3) is 0 Å². The van der Waals surface area contributed by atoms with Crippen molar-refractivity contribution in [3.05, 3.63) is 108 Å². The monoisotopic (exact) mass is 682 g/mol. The molecule has 254 valence electrons. The van der Waals surface area contributed by atoms with E-state index < -0.39 is 48.9 Å². The predicted octanol–water partition coefficient (Wildman–Crippen LogP) is 8.02. The minimum atomic E-state index is -5.80. The van der Waals surface area contributed by atoms with Gasteiger partial charge in [-0.2, -0.15) is 21.6 Å². The Kier molecular flexibility index (Phi) is 14.0. The molecule has 46 heavy (non-hydrogen) atoms. The maximum atomic E-state index is 13.1. The lowest BCUT2D eigenvalue weighted by Crippen LogP contribution is -2.49. The van der Waals surface area contributed by atoms with Crippen LogP contribution in [0.15, 0.2) is 91.0 Å². The lowest BCUT2D eigenvalue weighted by molar-refractivity contribution is -0.163. The number of hydrogen-bond donors (Lipinski definition) is 0. The summed E-state index contributed by atoms with van der Waals surface area (Å²) in [6, 6.07) is 28.2. The van der Waals surface area contributed by atoms with E-state index >= 15 is 0 Å². The Morgan fingerprint density at radius 3 is 1.50 bits per heavy atom. The zero-order chi connectivity index (χ0) is 33.8. The molecule has 0 amide bonds. The largest absolute Gasteiger partial charge is 0.523 e. The quantitative estimate of drug-likeness (QED) is 0.0764. The molecule has 3 rings (SSSR count). The van der Waals surface area contributed by atoms with Gasteiger partial charge in [0, 0.05) is 6.42 Å². The molecule has 0 fully saturated rings. The van der Waals surface area contributed by atoms with Gasteiger partial charge < -0.3 is 18.6 Å². The molecule has 0 saturated carbocycles. The molecule has 0 aliphatic carbocycles. The average molecular weight is 683 g/mol. The molecule has 0 bridgehead atoms. The number of hydrogen-bond acceptors (Lipinski definition) is 7. The van der Waals surface area contributed by atoms with Gasteiger partial charge in [0.05, 0.1) is 39.1 Å². The van der Waals surface area contributed by atoms with Crippen LogP contribution in [0, 0.1) is 0 Å². The first-order valence-electron chi connectivity index (χ1n) is 15.2. The minimum Gasteiger partial charge on any atom is -0.414 e. The molecular formula is C34H45F3O7SSi. The van der Waals surface area contributed by atoms with Crippen molar-refractivity contribution in [2.75, 3.05) is 13.2 Å². The molecule has 0 N–H and O–H groups in total. The van der Waals surface area contributed by atoms with E-state index in [9.17, 15) is 21.6 Å². The van der Waals surface area contributed by atoms with E-state index in [-0.39, 0.29) is 37.9 Å². The van der Waals surface area contributed by atoms with Gasteiger partial charge in [-0.25, -0.2) is 0 Å². The number of halogens is 3. The van der Waals surface area contributed by atoms with E-state index in [2.05, 4.69) is 38.0 Å². The average Bonchev–Trinajstić information content (AvgIpc) is 3.00. The third-order valence-corrected chi connectivity index (χ3v) is 13.5. The van der Waals surface area contributed by atoms with Crippen molar-refractivity contribution in [2.45, 2.75) is 89.0 Å². The Balaban J connectivity index is 1.98. The lowest BCUT2D eigenvalue weighted by atomic mass is 10.0. The highest BCUT2D eigenvalue weighted by Crippen LogP contribution is 2.37. The van der Waals surface area contributed by atoms with Crippen LogP contribution in [0.3, 0.4) is 0 Å². The van der Waals surface area contributed by atoms with Crippen molar-refractivity contribution in [1.29, 1.82) is 0 Å². The van der Waals surface area contributed by atoms with Crippen molar-refractivity contribution in [2.24, 2.45) is 0 Å². The fourth-order valence-electron chi connectivity index (χ4n) is 4.20. The van der Waals surface area contributed by atoms with Crippen LogP contribution in [0.1, 0.15) is 43.9 Å². The number of alkyl halides is 3. The molecule has 3 atom stereocenters. The summed E-state index contributed by atoms with van der Waals surface area (Å²) in [5, 5.41) is -0.111. The van der Waals surface area contributed by atoms with Crippen LogP contribution in [-0.4, -0.2) is 53.8 Å². The zero-order valence-electron chi connectivity index (χ0n) is 27.0. The Hall–Kier alpha value is -2.58. The van der Waals surface area contributed by atoms with E-state index in [1.165, 1.54) is 0 Å². The molecule has 3 aromatic carbocycles. The number of rotatable bonds is 18. The smallest absolute Gasteiger partial charge is 0.414 e. The number of ether oxygens (including phenoxy) is 3. The van der Waals surface area contributed by atoms with Crippen molar-refractivity contribution in [3.8, 4) is 0 Å². The summed E-state index contributed by atoms with van der Waals surface area (Å²) >= 11 is 0. The summed E-state index contributed by atoms with van der Waals surface area (Å²) in [6.07, 6.45) is -2.78. The van der Waals surface area contributed by atoms with Gasteiger partial charge >= 0.3 is 15.6 Å². The van der Waals surface area contributed by atoms with Gasteiger partial charge in [-0.15, -0.1) is 0 Å². The van der Waals surface area contributed by atoms with E-state index in [1.54, 1.807) is 0 Å². The summed E-state index contributed by atoms with van der Waals surface area (Å²) < 4.78 is 93.0. The summed E-state index contributed by atoms with van der Waals surface area (Å²) in [6.45, 7) is 10.4. The third kappa shape index (κ3) is 11.9. The normalized spacial score (nSPS) is 15.0. The van der Waals surface area contributed by atoms with Crippen LogP contribution in [0.2, 0.25) is 18.1 Å². The van der Waals surface area contributed by atoms with Crippen molar-refractivity contribution < 1.29 is 44.4 Å². The molecule has 0 spiro atoms. The molecule has 3 aromatic rings. The van der Waals surface area contributed by atoms with Crippen LogP contribution >= 0.6 is 0 Å². The summed E-state index contributed by atoms with van der Waals surface area (Å²) in [5.41, 5.74) is -2.97. The van der Waals surface area contributed by atoms with Gasteiger partial charge in [-0.1, -0.05) is 112 Å². The molecule has 0 radical (unpaired) electrons. The molecule has 0 saturated heterocycles. The molecule has 12 heteroatoms. The van der Waals surface area contributed by atoms with Gasteiger partial charge in [0.25, 0.3) is 0 Å². The molecule has 0 heterocycles. The first-order valence-corrected chi connectivity index (χ1v) is 19.5. The molecular weight excluding hydrogens is 638 g/mol. The van der Waals surface area contributed by atoms with E-state index in [4.69, 9.17) is 18.6 Å². The summed E-state index contributed by atoms with van der Waals surface area (Å²) in [7, 11) is -8.09. The first-order chi connectivity index (χ1) is 21.6. The van der Waals surface area contributed by atoms with Gasteiger partial charge in [-0.3, -0.25) is 4.18 Å². The second-order valence-electron chi connectivity index (χ2n) is 12.5. The van der Waals surface area contributed by atoms with Crippen molar-refractivity contribution >= 4 is 18.4 Å². The second kappa shape index (κ2) is 17.0. The fourth-order valence-corrected chi connectivity index (χ4v) is 5.67. The fraction of sp³-hybridized carbons (Fsp3) is 0.471. The standard InChI is InChI=1S/C34H45F3O7SSi/c1-33(2,3)46(4,5)44-26-31(41-24-28-17-11-7-12-18-28)32(42-25-29-19-13-8-14-20-29)30(40-23-27-15-9-6-10-16-27)21-22-43-45(38,39)34(35,36)37/h6-20,30-32H,21-26H2,1-5H3/t30-,31-,32+/m1/s1. The summed E-state index contributed by atoms with van der Waals surface area (Å²) in [5.74, 6) is 0. The lowest BCUT2D eigenvalue weighted by Gasteiger charge is -2.39. The van der Waals surface area contributed by atoms with E-state index in [0.29, 0.717) is 0 Å². The van der Waals surface area contributed by atoms with Gasteiger partial charge in [-0.05, 0) is 34.8 Å². The van der Waals surface area contributed by atoms with Gasteiger partial charge in [0.2, 0.25) is 0 Å². The molecule has 0 aliphatic heterocycles. The van der Waals surface area contributed by atoms with Crippen LogP contribution in [0.5, 0.6) is 0 Å². The Labute approximate surface area is 272 Å². The highest BCUT2D eigenvalue weighted by Gasteiger charge is 2.47. The topological polar surface area (TPSA) is 80.3 Å². The minimum absolute atomic E-state index is 0.0945. The predicted molar refractivity (Wildman–Crippen MR) is 174 cm³/mol.